The number of benzene rings is 1. The van der Waals surface area contributed by atoms with Gasteiger partial charge in [-0.15, -0.1) is 0 Å². The number of hydrogen-bond donors (Lipinski definition) is 1. The van der Waals surface area contributed by atoms with E-state index in [2.05, 4.69) is 10.2 Å². The van der Waals surface area contributed by atoms with Crippen molar-refractivity contribution in [3.05, 3.63) is 35.1 Å². The molecule has 104 valence electrons. The molecule has 1 aromatic carbocycles. The number of rotatable bonds is 2. The van der Waals surface area contributed by atoms with E-state index in [0.29, 0.717) is 24.7 Å². The summed E-state index contributed by atoms with van der Waals surface area (Å²) in [6.45, 7) is 2.05. The van der Waals surface area contributed by atoms with Crippen molar-refractivity contribution in [1.29, 1.82) is 0 Å². The maximum absolute atomic E-state index is 13.6. The summed E-state index contributed by atoms with van der Waals surface area (Å²) < 4.78 is 39.7. The van der Waals surface area contributed by atoms with E-state index in [1.165, 1.54) is 6.42 Å². The molecule has 5 heteroatoms. The third-order valence-corrected chi connectivity index (χ3v) is 4.09. The van der Waals surface area contributed by atoms with E-state index in [0.717, 1.165) is 32.0 Å². The molecule has 19 heavy (non-hydrogen) atoms. The smallest absolute Gasteiger partial charge is 0.161 e. The Morgan fingerprint density at radius 1 is 1.00 bits per heavy atom. The Hall–Kier alpha value is -1.07. The zero-order chi connectivity index (χ0) is 13.4. The second-order valence-corrected chi connectivity index (χ2v) is 5.52. The zero-order valence-corrected chi connectivity index (χ0v) is 10.6. The maximum atomic E-state index is 13.6. The summed E-state index contributed by atoms with van der Waals surface area (Å²) in [7, 11) is 0. The fourth-order valence-corrected chi connectivity index (χ4v) is 3.08. The molecular formula is C14H17F3N2. The molecule has 1 N–H and O–H groups in total. The third-order valence-electron chi connectivity index (χ3n) is 4.09. The standard InChI is InChI=1S/C14H17F3N2/c15-12-6-14(17)13(16)5-9(12)7-19-4-3-10-1-2-11(8-19)18-10/h5-6,10-11,18H,1-4,7-8H2. The Kier molecular flexibility index (Phi) is 3.50. The lowest BCUT2D eigenvalue weighted by molar-refractivity contribution is 0.247. The summed E-state index contributed by atoms with van der Waals surface area (Å²) in [6, 6.07) is 2.61. The minimum absolute atomic E-state index is 0.233. The number of nitrogens with zero attached hydrogens (tertiary/aromatic N) is 1. The first-order valence-corrected chi connectivity index (χ1v) is 6.73. The third kappa shape index (κ3) is 2.77. The van der Waals surface area contributed by atoms with Crippen molar-refractivity contribution in [2.24, 2.45) is 0 Å². The zero-order valence-electron chi connectivity index (χ0n) is 10.6. The second kappa shape index (κ2) is 5.13. The van der Waals surface area contributed by atoms with E-state index >= 15 is 0 Å². The number of fused-ring (bicyclic) bond motifs is 2. The van der Waals surface area contributed by atoms with Gasteiger partial charge in [0.1, 0.15) is 5.82 Å². The van der Waals surface area contributed by atoms with Gasteiger partial charge in [-0.1, -0.05) is 0 Å². The van der Waals surface area contributed by atoms with Gasteiger partial charge in [-0.3, -0.25) is 4.90 Å². The number of likely N-dealkylation sites (tertiary alicyclic amines) is 1. The first-order valence-electron chi connectivity index (χ1n) is 6.73. The van der Waals surface area contributed by atoms with Gasteiger partial charge in [0.2, 0.25) is 0 Å². The van der Waals surface area contributed by atoms with E-state index in [1.54, 1.807) is 0 Å². The summed E-state index contributed by atoms with van der Waals surface area (Å²) in [4.78, 5) is 2.12. The highest BCUT2D eigenvalue weighted by Gasteiger charge is 2.29. The molecule has 2 unspecified atom stereocenters. The minimum Gasteiger partial charge on any atom is -0.310 e. The maximum Gasteiger partial charge on any atom is 0.161 e. The highest BCUT2D eigenvalue weighted by Crippen LogP contribution is 2.22. The normalized spacial score (nSPS) is 27.5. The first-order chi connectivity index (χ1) is 9.11. The predicted octanol–water partition coefficient (Wildman–Crippen LogP) is 2.43. The Balaban J connectivity index is 1.72. The molecule has 2 bridgehead atoms. The molecule has 0 radical (unpaired) electrons. The second-order valence-electron chi connectivity index (χ2n) is 5.52. The van der Waals surface area contributed by atoms with Crippen LogP contribution in [0.25, 0.3) is 0 Å². The van der Waals surface area contributed by atoms with Crippen LogP contribution in [-0.2, 0) is 6.54 Å². The first kappa shape index (κ1) is 12.9. The summed E-state index contributed by atoms with van der Waals surface area (Å²) in [6.07, 6.45) is 3.38. The molecule has 2 heterocycles. The minimum atomic E-state index is -1.13. The summed E-state index contributed by atoms with van der Waals surface area (Å²) in [5.74, 6) is -2.77. The highest BCUT2D eigenvalue weighted by atomic mass is 19.2. The predicted molar refractivity (Wildman–Crippen MR) is 66.2 cm³/mol. The molecule has 0 aromatic heterocycles. The van der Waals surface area contributed by atoms with Crippen LogP contribution in [0.3, 0.4) is 0 Å². The molecule has 2 aliphatic heterocycles. The molecule has 0 amide bonds. The van der Waals surface area contributed by atoms with E-state index in [1.807, 2.05) is 0 Å². The van der Waals surface area contributed by atoms with Gasteiger partial charge in [-0.2, -0.15) is 0 Å². The number of halogens is 3. The number of nitrogens with one attached hydrogen (secondary N) is 1. The van der Waals surface area contributed by atoms with Crippen molar-refractivity contribution >= 4 is 0 Å². The van der Waals surface area contributed by atoms with Crippen molar-refractivity contribution in [3.8, 4) is 0 Å². The van der Waals surface area contributed by atoms with Crippen LogP contribution >= 0.6 is 0 Å². The molecule has 0 saturated carbocycles. The Labute approximate surface area is 110 Å². The van der Waals surface area contributed by atoms with Gasteiger partial charge in [0.25, 0.3) is 0 Å². The van der Waals surface area contributed by atoms with Gasteiger partial charge in [0, 0.05) is 43.3 Å². The Bertz CT molecular complexity index is 478. The fraction of sp³-hybridized carbons (Fsp3) is 0.571. The SMILES string of the molecule is Fc1cc(F)c(CN2CCC3CCC(C2)N3)cc1F. The molecule has 1 aromatic rings. The summed E-state index contributed by atoms with van der Waals surface area (Å²) in [5, 5.41) is 3.53. The summed E-state index contributed by atoms with van der Waals surface area (Å²) in [5.41, 5.74) is 0.233. The average molecular weight is 270 g/mol. The van der Waals surface area contributed by atoms with E-state index in [9.17, 15) is 13.2 Å². The number of hydrogen-bond acceptors (Lipinski definition) is 2. The van der Waals surface area contributed by atoms with Crippen molar-refractivity contribution < 1.29 is 13.2 Å². The lowest BCUT2D eigenvalue weighted by Crippen LogP contribution is -2.35. The lowest BCUT2D eigenvalue weighted by atomic mass is 10.1. The molecule has 2 atom stereocenters. The van der Waals surface area contributed by atoms with E-state index in [4.69, 9.17) is 0 Å². The molecule has 0 spiro atoms. The van der Waals surface area contributed by atoms with E-state index in [-0.39, 0.29) is 5.56 Å². The molecule has 2 nitrogen and oxygen atoms in total. The van der Waals surface area contributed by atoms with Crippen molar-refractivity contribution in [1.82, 2.24) is 10.2 Å². The van der Waals surface area contributed by atoms with Crippen LogP contribution in [0.5, 0.6) is 0 Å². The fourth-order valence-electron chi connectivity index (χ4n) is 3.08. The van der Waals surface area contributed by atoms with Crippen LogP contribution in [0.15, 0.2) is 12.1 Å². The van der Waals surface area contributed by atoms with Crippen LogP contribution < -0.4 is 5.32 Å². The Morgan fingerprint density at radius 3 is 2.58 bits per heavy atom. The quantitative estimate of drug-likeness (QED) is 0.830. The monoisotopic (exact) mass is 270 g/mol. The molecule has 2 fully saturated rings. The molecule has 2 aliphatic rings. The van der Waals surface area contributed by atoms with Gasteiger partial charge >= 0.3 is 0 Å². The van der Waals surface area contributed by atoms with Gasteiger partial charge in [-0.05, 0) is 25.3 Å². The Morgan fingerprint density at radius 2 is 1.74 bits per heavy atom. The van der Waals surface area contributed by atoms with Crippen molar-refractivity contribution in [2.45, 2.75) is 37.9 Å². The van der Waals surface area contributed by atoms with Crippen LogP contribution in [0, 0.1) is 17.5 Å². The lowest BCUT2D eigenvalue weighted by Gasteiger charge is -2.24. The van der Waals surface area contributed by atoms with Crippen molar-refractivity contribution in [2.75, 3.05) is 13.1 Å². The van der Waals surface area contributed by atoms with Crippen LogP contribution in [-0.4, -0.2) is 30.1 Å². The van der Waals surface area contributed by atoms with Crippen LogP contribution in [0.2, 0.25) is 0 Å². The highest BCUT2D eigenvalue weighted by molar-refractivity contribution is 5.20. The molecular weight excluding hydrogens is 253 g/mol. The van der Waals surface area contributed by atoms with Gasteiger partial charge in [0.15, 0.2) is 11.6 Å². The van der Waals surface area contributed by atoms with E-state index < -0.39 is 17.5 Å². The largest absolute Gasteiger partial charge is 0.310 e. The van der Waals surface area contributed by atoms with Gasteiger partial charge in [-0.25, -0.2) is 13.2 Å². The van der Waals surface area contributed by atoms with Gasteiger partial charge in [0.05, 0.1) is 0 Å². The van der Waals surface area contributed by atoms with Crippen LogP contribution in [0.4, 0.5) is 13.2 Å². The topological polar surface area (TPSA) is 15.3 Å². The van der Waals surface area contributed by atoms with Gasteiger partial charge < -0.3 is 5.32 Å². The van der Waals surface area contributed by atoms with Crippen LogP contribution in [0.1, 0.15) is 24.8 Å². The molecule has 2 saturated heterocycles. The summed E-state index contributed by atoms with van der Waals surface area (Å²) >= 11 is 0. The average Bonchev–Trinajstić information content (AvgIpc) is 2.69. The molecule has 0 aliphatic carbocycles. The molecule has 3 rings (SSSR count). The van der Waals surface area contributed by atoms with Crippen molar-refractivity contribution in [3.63, 3.8) is 0 Å².